The minimum Gasteiger partial charge on any atom is -0.324 e. The number of aromatic nitrogens is 3. The van der Waals surface area contributed by atoms with Crippen molar-refractivity contribution in [3.05, 3.63) is 52.9 Å². The zero-order valence-corrected chi connectivity index (χ0v) is 14.6. The molecule has 3 rings (SSSR count). The topological polar surface area (TPSA) is 50.7 Å². The van der Waals surface area contributed by atoms with Gasteiger partial charge in [-0.25, -0.2) is 15.0 Å². The Morgan fingerprint density at radius 2 is 1.91 bits per heavy atom. The van der Waals surface area contributed by atoms with E-state index in [0.717, 1.165) is 16.4 Å². The van der Waals surface area contributed by atoms with Crippen molar-refractivity contribution in [3.8, 4) is 10.4 Å². The van der Waals surface area contributed by atoms with Crippen LogP contribution in [0.5, 0.6) is 0 Å². The van der Waals surface area contributed by atoms with Crippen LogP contribution in [0.1, 0.15) is 36.0 Å². The van der Waals surface area contributed by atoms with E-state index < -0.39 is 0 Å². The summed E-state index contributed by atoms with van der Waals surface area (Å²) in [5.74, 6) is 1.07. The van der Waals surface area contributed by atoms with Gasteiger partial charge in [-0.3, -0.25) is 0 Å². The maximum Gasteiger partial charge on any atom is 0.227 e. The highest BCUT2D eigenvalue weighted by Gasteiger charge is 2.09. The molecule has 118 valence electrons. The molecule has 0 aliphatic heterocycles. The third-order valence-corrected chi connectivity index (χ3v) is 4.78. The van der Waals surface area contributed by atoms with Gasteiger partial charge < -0.3 is 5.32 Å². The number of nitrogens with one attached hydrogen (secondary N) is 1. The zero-order chi connectivity index (χ0) is 16.4. The summed E-state index contributed by atoms with van der Waals surface area (Å²) in [4.78, 5) is 14.4. The molecule has 0 amide bonds. The van der Waals surface area contributed by atoms with Crippen LogP contribution < -0.4 is 5.32 Å². The highest BCUT2D eigenvalue weighted by molar-refractivity contribution is 7.15. The smallest absolute Gasteiger partial charge is 0.227 e. The Morgan fingerprint density at radius 3 is 2.61 bits per heavy atom. The minimum atomic E-state index is 0.455. The van der Waals surface area contributed by atoms with Gasteiger partial charge in [0, 0.05) is 29.7 Å². The van der Waals surface area contributed by atoms with Crippen molar-refractivity contribution < 1.29 is 0 Å². The average Bonchev–Trinajstić information content (AvgIpc) is 2.96. The number of hydrogen-bond acceptors (Lipinski definition) is 5. The Hall–Kier alpha value is -2.27. The van der Waals surface area contributed by atoms with Gasteiger partial charge in [0.2, 0.25) is 5.95 Å². The minimum absolute atomic E-state index is 0.455. The Labute approximate surface area is 140 Å². The van der Waals surface area contributed by atoms with Gasteiger partial charge in [-0.15, -0.1) is 11.3 Å². The van der Waals surface area contributed by atoms with E-state index in [1.807, 2.05) is 19.2 Å². The van der Waals surface area contributed by atoms with Crippen LogP contribution in [0, 0.1) is 13.8 Å². The first-order chi connectivity index (χ1) is 11.0. The predicted molar refractivity (Wildman–Crippen MR) is 96.4 cm³/mol. The number of anilines is 2. The van der Waals surface area contributed by atoms with Crippen LogP contribution in [-0.2, 0) is 0 Å². The molecule has 1 N–H and O–H groups in total. The highest BCUT2D eigenvalue weighted by Crippen LogP contribution is 2.32. The molecule has 0 saturated carbocycles. The van der Waals surface area contributed by atoms with E-state index in [1.54, 1.807) is 17.5 Å². The van der Waals surface area contributed by atoms with Crippen LogP contribution >= 0.6 is 11.3 Å². The lowest BCUT2D eigenvalue weighted by Gasteiger charge is -2.08. The van der Waals surface area contributed by atoms with Gasteiger partial charge in [0.1, 0.15) is 0 Å². The molecule has 0 atom stereocenters. The molecule has 23 heavy (non-hydrogen) atoms. The van der Waals surface area contributed by atoms with Crippen LogP contribution in [0.25, 0.3) is 10.4 Å². The first-order valence-electron chi connectivity index (χ1n) is 7.66. The quantitative estimate of drug-likeness (QED) is 0.726. The summed E-state index contributed by atoms with van der Waals surface area (Å²) >= 11 is 1.75. The number of thiazole rings is 1. The molecule has 4 nitrogen and oxygen atoms in total. The Bertz CT molecular complexity index is 823. The Balaban J connectivity index is 1.92. The molecule has 0 aliphatic rings. The molecule has 0 unspecified atom stereocenters. The van der Waals surface area contributed by atoms with Gasteiger partial charge in [-0.1, -0.05) is 19.9 Å². The van der Waals surface area contributed by atoms with Crippen LogP contribution in [0.15, 0.2) is 36.7 Å². The fraction of sp³-hybridized carbons (Fsp3) is 0.278. The Morgan fingerprint density at radius 1 is 1.09 bits per heavy atom. The van der Waals surface area contributed by atoms with Gasteiger partial charge >= 0.3 is 0 Å². The largest absolute Gasteiger partial charge is 0.324 e. The van der Waals surface area contributed by atoms with Crippen molar-refractivity contribution in [3.63, 3.8) is 0 Å². The lowest BCUT2D eigenvalue weighted by atomic mass is 10.1. The third kappa shape index (κ3) is 3.74. The summed E-state index contributed by atoms with van der Waals surface area (Å²) in [5, 5.41) is 4.45. The average molecular weight is 324 g/mol. The molecule has 0 fully saturated rings. The number of aryl methyl sites for hydroxylation is 2. The first-order valence-corrected chi connectivity index (χ1v) is 8.47. The van der Waals surface area contributed by atoms with Gasteiger partial charge in [0.05, 0.1) is 9.88 Å². The molecular formula is C18H20N4S. The van der Waals surface area contributed by atoms with E-state index in [9.17, 15) is 0 Å². The van der Waals surface area contributed by atoms with E-state index in [4.69, 9.17) is 0 Å². The van der Waals surface area contributed by atoms with Crippen molar-refractivity contribution >= 4 is 23.0 Å². The molecule has 2 aromatic heterocycles. The number of nitrogens with zero attached hydrogens (tertiary/aromatic N) is 3. The van der Waals surface area contributed by atoms with Crippen molar-refractivity contribution in [1.82, 2.24) is 15.0 Å². The van der Waals surface area contributed by atoms with Crippen LogP contribution in [0.3, 0.4) is 0 Å². The van der Waals surface area contributed by atoms with E-state index in [2.05, 4.69) is 59.2 Å². The lowest BCUT2D eigenvalue weighted by molar-refractivity contribution is 0.852. The van der Waals surface area contributed by atoms with Gasteiger partial charge in [-0.05, 0) is 43.2 Å². The molecule has 0 saturated heterocycles. The number of rotatable bonds is 4. The number of hydrogen-bond donors (Lipinski definition) is 1. The molecule has 3 aromatic rings. The summed E-state index contributed by atoms with van der Waals surface area (Å²) in [6.45, 7) is 8.39. The van der Waals surface area contributed by atoms with E-state index >= 15 is 0 Å². The maximum atomic E-state index is 4.52. The van der Waals surface area contributed by atoms with Crippen molar-refractivity contribution in [1.29, 1.82) is 0 Å². The summed E-state index contributed by atoms with van der Waals surface area (Å²) in [6, 6.07) is 8.29. The van der Waals surface area contributed by atoms with Crippen LogP contribution in [-0.4, -0.2) is 15.0 Å². The lowest BCUT2D eigenvalue weighted by Crippen LogP contribution is -1.98. The van der Waals surface area contributed by atoms with Crippen molar-refractivity contribution in [2.24, 2.45) is 0 Å². The predicted octanol–water partition coefficient (Wildman–Crippen LogP) is 5.08. The summed E-state index contributed by atoms with van der Waals surface area (Å²) in [5.41, 5.74) is 4.30. The third-order valence-electron chi connectivity index (χ3n) is 3.43. The standard InChI is InChI=1S/C18H20N4S/c1-11(2)17-20-10-16(23-17)14-7-12(3)8-15(9-14)22-18-19-6-5-13(4)21-18/h5-11H,1-4H3,(H,19,21,22). The first kappa shape index (κ1) is 15.6. The van der Waals surface area contributed by atoms with E-state index in [0.29, 0.717) is 11.9 Å². The number of benzene rings is 1. The second-order valence-electron chi connectivity index (χ2n) is 5.95. The monoisotopic (exact) mass is 324 g/mol. The molecule has 2 heterocycles. The van der Waals surface area contributed by atoms with E-state index in [-0.39, 0.29) is 0 Å². The van der Waals surface area contributed by atoms with Gasteiger partial charge in [0.25, 0.3) is 0 Å². The molecule has 0 aliphatic carbocycles. The summed E-state index contributed by atoms with van der Waals surface area (Å²) in [7, 11) is 0. The molecule has 0 spiro atoms. The molecular weight excluding hydrogens is 304 g/mol. The second-order valence-corrected chi connectivity index (χ2v) is 7.01. The van der Waals surface area contributed by atoms with Gasteiger partial charge in [-0.2, -0.15) is 0 Å². The zero-order valence-electron chi connectivity index (χ0n) is 13.8. The highest BCUT2D eigenvalue weighted by atomic mass is 32.1. The van der Waals surface area contributed by atoms with Crippen LogP contribution in [0.4, 0.5) is 11.6 Å². The summed E-state index contributed by atoms with van der Waals surface area (Å²) in [6.07, 6.45) is 3.72. The fourth-order valence-corrected chi connectivity index (χ4v) is 3.23. The second kappa shape index (κ2) is 6.46. The van der Waals surface area contributed by atoms with Crippen molar-refractivity contribution in [2.75, 3.05) is 5.32 Å². The van der Waals surface area contributed by atoms with Crippen LogP contribution in [0.2, 0.25) is 0 Å². The Kier molecular flexibility index (Phi) is 4.39. The van der Waals surface area contributed by atoms with Crippen molar-refractivity contribution in [2.45, 2.75) is 33.6 Å². The normalized spacial score (nSPS) is 11.0. The maximum absolute atomic E-state index is 4.52. The molecule has 0 radical (unpaired) electrons. The van der Waals surface area contributed by atoms with Gasteiger partial charge in [0.15, 0.2) is 0 Å². The SMILES string of the molecule is Cc1cc(Nc2nccc(C)n2)cc(-c2cnc(C(C)C)s2)c1. The fourth-order valence-electron chi connectivity index (χ4n) is 2.32. The molecule has 0 bridgehead atoms. The summed E-state index contributed by atoms with van der Waals surface area (Å²) < 4.78 is 0. The molecule has 1 aromatic carbocycles. The van der Waals surface area contributed by atoms with E-state index in [1.165, 1.54) is 16.0 Å². The molecule has 5 heteroatoms.